The number of rotatable bonds is 4. The van der Waals surface area contributed by atoms with Gasteiger partial charge in [-0.15, -0.1) is 0 Å². The summed E-state index contributed by atoms with van der Waals surface area (Å²) in [6.07, 6.45) is 3.83. The molecule has 2 saturated heterocycles. The summed E-state index contributed by atoms with van der Waals surface area (Å²) in [5, 5.41) is 2.60. The van der Waals surface area contributed by atoms with E-state index in [0.717, 1.165) is 38.2 Å². The molecule has 0 saturated carbocycles. The van der Waals surface area contributed by atoms with Crippen molar-refractivity contribution in [2.75, 3.05) is 19.6 Å². The molecule has 6 nitrogen and oxygen atoms in total. The zero-order valence-electron chi connectivity index (χ0n) is 12.9. The second-order valence-corrected chi connectivity index (χ2v) is 6.00. The van der Waals surface area contributed by atoms with Gasteiger partial charge in [0.15, 0.2) is 0 Å². The molecule has 6 heteroatoms. The molecule has 1 aromatic rings. The summed E-state index contributed by atoms with van der Waals surface area (Å²) in [7, 11) is 0. The lowest BCUT2D eigenvalue weighted by atomic mass is 10.1. The van der Waals surface area contributed by atoms with Crippen LogP contribution in [0.4, 0.5) is 0 Å². The monoisotopic (exact) mass is 302 g/mol. The predicted octanol–water partition coefficient (Wildman–Crippen LogP) is 0.393. The molecule has 22 heavy (non-hydrogen) atoms. The molecule has 1 aromatic heterocycles. The Balaban J connectivity index is 1.59. The van der Waals surface area contributed by atoms with Gasteiger partial charge in [0.1, 0.15) is 0 Å². The molecule has 0 spiro atoms. The van der Waals surface area contributed by atoms with E-state index >= 15 is 0 Å². The van der Waals surface area contributed by atoms with Crippen LogP contribution in [0.3, 0.4) is 0 Å². The molecular formula is C16H22N4O2. The Morgan fingerprint density at radius 1 is 1.27 bits per heavy atom. The van der Waals surface area contributed by atoms with Gasteiger partial charge in [0.2, 0.25) is 11.8 Å². The van der Waals surface area contributed by atoms with E-state index in [1.54, 1.807) is 0 Å². The molecule has 2 amide bonds. The number of likely N-dealkylation sites (tertiary alicyclic amines) is 2. The standard InChI is InChI=1S/C16H22N4O2/c1-12(21)18-10-16(22)20-9-6-14-15(20)5-8-19(14)11-13-4-2-3-7-17-13/h2-4,7,14-15H,5-6,8-11H2,1H3,(H,18,21)/t14-,15+/m1/s1. The highest BCUT2D eigenvalue weighted by Crippen LogP contribution is 2.32. The van der Waals surface area contributed by atoms with E-state index in [0.29, 0.717) is 6.04 Å². The Kier molecular flexibility index (Phi) is 4.38. The zero-order chi connectivity index (χ0) is 15.5. The number of carbonyl (C=O) groups excluding carboxylic acids is 2. The minimum atomic E-state index is -0.160. The molecule has 0 radical (unpaired) electrons. The van der Waals surface area contributed by atoms with Crippen LogP contribution in [-0.2, 0) is 16.1 Å². The highest BCUT2D eigenvalue weighted by atomic mass is 16.2. The van der Waals surface area contributed by atoms with Crippen LogP contribution in [0.2, 0.25) is 0 Å². The van der Waals surface area contributed by atoms with Crippen LogP contribution in [0.5, 0.6) is 0 Å². The first-order valence-corrected chi connectivity index (χ1v) is 7.83. The normalized spacial score (nSPS) is 24.3. The van der Waals surface area contributed by atoms with Crippen molar-refractivity contribution in [3.8, 4) is 0 Å². The molecule has 2 aliphatic heterocycles. The van der Waals surface area contributed by atoms with E-state index in [2.05, 4.69) is 15.2 Å². The minimum absolute atomic E-state index is 0.0300. The molecule has 1 N–H and O–H groups in total. The molecule has 0 aliphatic carbocycles. The number of fused-ring (bicyclic) bond motifs is 1. The fourth-order valence-electron chi connectivity index (χ4n) is 3.58. The quantitative estimate of drug-likeness (QED) is 0.874. The van der Waals surface area contributed by atoms with Gasteiger partial charge < -0.3 is 10.2 Å². The van der Waals surface area contributed by atoms with E-state index in [9.17, 15) is 9.59 Å². The molecular weight excluding hydrogens is 280 g/mol. The van der Waals surface area contributed by atoms with Crippen LogP contribution >= 0.6 is 0 Å². The third-order valence-electron chi connectivity index (χ3n) is 4.59. The highest BCUT2D eigenvalue weighted by Gasteiger charge is 2.44. The van der Waals surface area contributed by atoms with E-state index < -0.39 is 0 Å². The van der Waals surface area contributed by atoms with Gasteiger partial charge in [-0.1, -0.05) is 6.07 Å². The first-order chi connectivity index (χ1) is 10.6. The first-order valence-electron chi connectivity index (χ1n) is 7.83. The summed E-state index contributed by atoms with van der Waals surface area (Å²) in [6.45, 7) is 4.17. The van der Waals surface area contributed by atoms with Crippen molar-refractivity contribution in [2.45, 2.75) is 38.4 Å². The van der Waals surface area contributed by atoms with Gasteiger partial charge in [-0.05, 0) is 25.0 Å². The largest absolute Gasteiger partial charge is 0.347 e. The van der Waals surface area contributed by atoms with Crippen molar-refractivity contribution in [3.05, 3.63) is 30.1 Å². The van der Waals surface area contributed by atoms with E-state index in [-0.39, 0.29) is 24.4 Å². The Bertz CT molecular complexity index is 548. The first kappa shape index (κ1) is 15.0. The van der Waals surface area contributed by atoms with Crippen LogP contribution in [0.1, 0.15) is 25.5 Å². The van der Waals surface area contributed by atoms with Crippen molar-refractivity contribution >= 4 is 11.8 Å². The second kappa shape index (κ2) is 6.44. The van der Waals surface area contributed by atoms with Crippen molar-refractivity contribution in [1.29, 1.82) is 0 Å². The number of nitrogens with one attached hydrogen (secondary N) is 1. The molecule has 118 valence electrons. The summed E-state index contributed by atoms with van der Waals surface area (Å²) in [4.78, 5) is 31.9. The van der Waals surface area contributed by atoms with Gasteiger partial charge >= 0.3 is 0 Å². The van der Waals surface area contributed by atoms with Crippen molar-refractivity contribution in [3.63, 3.8) is 0 Å². The van der Waals surface area contributed by atoms with Crippen LogP contribution in [0.25, 0.3) is 0 Å². The number of hydrogen-bond acceptors (Lipinski definition) is 4. The number of amides is 2. The van der Waals surface area contributed by atoms with E-state index in [1.807, 2.05) is 29.3 Å². The molecule has 0 unspecified atom stereocenters. The molecule has 3 rings (SSSR count). The highest BCUT2D eigenvalue weighted by molar-refractivity contribution is 5.84. The van der Waals surface area contributed by atoms with Crippen molar-refractivity contribution < 1.29 is 9.59 Å². The van der Waals surface area contributed by atoms with Crippen LogP contribution in [0.15, 0.2) is 24.4 Å². The molecule has 2 atom stereocenters. The molecule has 2 aliphatic rings. The maximum atomic E-state index is 12.2. The fourth-order valence-corrected chi connectivity index (χ4v) is 3.58. The Morgan fingerprint density at radius 2 is 2.09 bits per heavy atom. The van der Waals surface area contributed by atoms with Gasteiger partial charge in [-0.3, -0.25) is 19.5 Å². The third-order valence-corrected chi connectivity index (χ3v) is 4.59. The molecule has 3 heterocycles. The predicted molar refractivity (Wildman–Crippen MR) is 81.9 cm³/mol. The van der Waals surface area contributed by atoms with Crippen LogP contribution < -0.4 is 5.32 Å². The second-order valence-electron chi connectivity index (χ2n) is 6.00. The maximum absolute atomic E-state index is 12.2. The number of carbonyl (C=O) groups is 2. The Morgan fingerprint density at radius 3 is 2.82 bits per heavy atom. The van der Waals surface area contributed by atoms with Crippen molar-refractivity contribution in [2.24, 2.45) is 0 Å². The lowest BCUT2D eigenvalue weighted by molar-refractivity contribution is -0.133. The summed E-state index contributed by atoms with van der Waals surface area (Å²) < 4.78 is 0. The van der Waals surface area contributed by atoms with Gasteiger partial charge in [-0.25, -0.2) is 0 Å². The summed E-state index contributed by atoms with van der Waals surface area (Å²) in [5.41, 5.74) is 1.08. The summed E-state index contributed by atoms with van der Waals surface area (Å²) in [5.74, 6) is -0.130. The number of aromatic nitrogens is 1. The van der Waals surface area contributed by atoms with Gasteiger partial charge in [0.05, 0.1) is 12.2 Å². The van der Waals surface area contributed by atoms with E-state index in [4.69, 9.17) is 0 Å². The van der Waals surface area contributed by atoms with Gasteiger partial charge in [0, 0.05) is 44.8 Å². The average Bonchev–Trinajstić information content (AvgIpc) is 3.09. The van der Waals surface area contributed by atoms with Gasteiger partial charge in [0.25, 0.3) is 0 Å². The van der Waals surface area contributed by atoms with Crippen LogP contribution in [0, 0.1) is 0 Å². The lowest BCUT2D eigenvalue weighted by Crippen LogP contribution is -2.44. The SMILES string of the molecule is CC(=O)NCC(=O)N1CC[C@@H]2[C@@H]1CCN2Cc1ccccn1. The zero-order valence-corrected chi connectivity index (χ0v) is 12.9. The average molecular weight is 302 g/mol. The van der Waals surface area contributed by atoms with Gasteiger partial charge in [-0.2, -0.15) is 0 Å². The summed E-state index contributed by atoms with van der Waals surface area (Å²) >= 11 is 0. The molecule has 0 bridgehead atoms. The fraction of sp³-hybridized carbons (Fsp3) is 0.562. The summed E-state index contributed by atoms with van der Waals surface area (Å²) in [6, 6.07) is 6.68. The Labute approximate surface area is 130 Å². The molecule has 0 aromatic carbocycles. The van der Waals surface area contributed by atoms with Crippen molar-refractivity contribution in [1.82, 2.24) is 20.1 Å². The topological polar surface area (TPSA) is 65.5 Å². The Hall–Kier alpha value is -1.95. The number of hydrogen-bond donors (Lipinski definition) is 1. The minimum Gasteiger partial charge on any atom is -0.347 e. The number of pyridine rings is 1. The number of nitrogens with zero attached hydrogens (tertiary/aromatic N) is 3. The third kappa shape index (κ3) is 3.11. The maximum Gasteiger partial charge on any atom is 0.242 e. The van der Waals surface area contributed by atoms with Crippen LogP contribution in [-0.4, -0.2) is 58.3 Å². The lowest BCUT2D eigenvalue weighted by Gasteiger charge is -2.25. The molecule has 2 fully saturated rings. The smallest absolute Gasteiger partial charge is 0.242 e. The van der Waals surface area contributed by atoms with E-state index in [1.165, 1.54) is 6.92 Å².